The van der Waals surface area contributed by atoms with E-state index in [-0.39, 0.29) is 11.9 Å². The highest BCUT2D eigenvalue weighted by molar-refractivity contribution is 9.10. The normalized spacial score (nSPS) is 11.1. The lowest BCUT2D eigenvalue weighted by Gasteiger charge is -2.19. The number of aromatic nitrogens is 3. The van der Waals surface area contributed by atoms with Crippen molar-refractivity contribution in [3.8, 4) is 0 Å². The monoisotopic (exact) mass is 338 g/mol. The molecule has 0 radical (unpaired) electrons. The number of rotatable bonds is 4. The first-order valence-electron chi connectivity index (χ1n) is 6.49. The number of hydrogen-bond acceptors (Lipinski definition) is 2. The number of amides is 1. The smallest absolute Gasteiger partial charge is 0.270 e. The van der Waals surface area contributed by atoms with Crippen molar-refractivity contribution in [3.05, 3.63) is 40.4 Å². The molecule has 0 aromatic carbocycles. The van der Waals surface area contributed by atoms with Crippen LogP contribution in [0.4, 0.5) is 0 Å². The van der Waals surface area contributed by atoms with E-state index in [1.165, 1.54) is 0 Å². The summed E-state index contributed by atoms with van der Waals surface area (Å²) in [6, 6.07) is 2.11. The highest BCUT2D eigenvalue weighted by atomic mass is 79.9. The molecular formula is C14H19BrN4O. The van der Waals surface area contributed by atoms with Crippen LogP contribution in [0.25, 0.3) is 0 Å². The molecule has 0 bridgehead atoms. The van der Waals surface area contributed by atoms with Gasteiger partial charge >= 0.3 is 0 Å². The molecule has 108 valence electrons. The van der Waals surface area contributed by atoms with Crippen LogP contribution < -0.4 is 0 Å². The molecule has 2 rings (SSSR count). The van der Waals surface area contributed by atoms with Crippen LogP contribution in [0.15, 0.2) is 29.1 Å². The molecule has 20 heavy (non-hydrogen) atoms. The van der Waals surface area contributed by atoms with Crippen molar-refractivity contribution in [2.75, 3.05) is 7.05 Å². The van der Waals surface area contributed by atoms with E-state index in [2.05, 4.69) is 34.9 Å². The van der Waals surface area contributed by atoms with Gasteiger partial charge in [0.1, 0.15) is 5.69 Å². The highest BCUT2D eigenvalue weighted by Gasteiger charge is 2.19. The average Bonchev–Trinajstić information content (AvgIpc) is 2.94. The Hall–Kier alpha value is -1.56. The fraction of sp³-hybridized carbons (Fsp3) is 0.429. The molecular weight excluding hydrogens is 320 g/mol. The predicted octanol–water partition coefficient (Wildman–Crippen LogP) is 2.84. The molecule has 0 unspecified atom stereocenters. The Kier molecular flexibility index (Phi) is 4.32. The largest absolute Gasteiger partial charge is 0.340 e. The maximum absolute atomic E-state index is 12.6. The van der Waals surface area contributed by atoms with E-state index >= 15 is 0 Å². The van der Waals surface area contributed by atoms with Crippen LogP contribution >= 0.6 is 15.9 Å². The van der Waals surface area contributed by atoms with Crippen molar-refractivity contribution >= 4 is 21.8 Å². The van der Waals surface area contributed by atoms with Gasteiger partial charge in [0.05, 0.1) is 6.20 Å². The van der Waals surface area contributed by atoms with E-state index < -0.39 is 0 Å². The number of hydrogen-bond donors (Lipinski definition) is 0. The average molecular weight is 339 g/mol. The van der Waals surface area contributed by atoms with Gasteiger partial charge in [-0.1, -0.05) is 0 Å². The second-order valence-electron chi connectivity index (χ2n) is 5.23. The van der Waals surface area contributed by atoms with E-state index in [1.807, 2.05) is 30.1 Å². The van der Waals surface area contributed by atoms with Gasteiger partial charge < -0.3 is 9.47 Å². The lowest BCUT2D eigenvalue weighted by molar-refractivity contribution is 0.0772. The summed E-state index contributed by atoms with van der Waals surface area (Å²) in [4.78, 5) is 14.3. The molecule has 5 nitrogen and oxygen atoms in total. The van der Waals surface area contributed by atoms with E-state index in [4.69, 9.17) is 0 Å². The minimum Gasteiger partial charge on any atom is -0.340 e. The molecule has 0 saturated heterocycles. The zero-order valence-corrected chi connectivity index (χ0v) is 13.8. The van der Waals surface area contributed by atoms with Crippen molar-refractivity contribution in [2.24, 2.45) is 7.05 Å². The highest BCUT2D eigenvalue weighted by Crippen LogP contribution is 2.21. The lowest BCUT2D eigenvalue weighted by atomic mass is 10.3. The van der Waals surface area contributed by atoms with Crippen molar-refractivity contribution in [1.82, 2.24) is 19.2 Å². The predicted molar refractivity (Wildman–Crippen MR) is 81.5 cm³/mol. The topological polar surface area (TPSA) is 43.1 Å². The summed E-state index contributed by atoms with van der Waals surface area (Å²) >= 11 is 3.43. The first-order valence-corrected chi connectivity index (χ1v) is 7.28. The second-order valence-corrected chi connectivity index (χ2v) is 6.14. The van der Waals surface area contributed by atoms with Crippen LogP contribution in [-0.2, 0) is 13.6 Å². The van der Waals surface area contributed by atoms with Crippen molar-refractivity contribution < 1.29 is 4.79 Å². The molecule has 1 amide bonds. The third-order valence-electron chi connectivity index (χ3n) is 3.12. The quantitative estimate of drug-likeness (QED) is 0.860. The molecule has 0 aliphatic rings. The summed E-state index contributed by atoms with van der Waals surface area (Å²) in [5, 5.41) is 4.12. The minimum absolute atomic E-state index is 0.00764. The summed E-state index contributed by atoms with van der Waals surface area (Å²) in [5.41, 5.74) is 1.71. The Labute approximate surface area is 127 Å². The maximum atomic E-state index is 12.6. The third-order valence-corrected chi connectivity index (χ3v) is 3.55. The molecule has 2 aromatic rings. The van der Waals surface area contributed by atoms with Gasteiger partial charge in [-0.05, 0) is 35.8 Å². The van der Waals surface area contributed by atoms with Gasteiger partial charge in [0.2, 0.25) is 0 Å². The number of halogens is 1. The first kappa shape index (κ1) is 14.8. The molecule has 0 aliphatic heterocycles. The summed E-state index contributed by atoms with van der Waals surface area (Å²) in [6.07, 6.45) is 5.64. The fourth-order valence-electron chi connectivity index (χ4n) is 2.14. The first-order chi connectivity index (χ1) is 9.38. The number of carbonyl (C=O) groups excluding carboxylic acids is 1. The van der Waals surface area contributed by atoms with Gasteiger partial charge in [0.25, 0.3) is 5.91 Å². The fourth-order valence-corrected chi connectivity index (χ4v) is 2.58. The van der Waals surface area contributed by atoms with Crippen molar-refractivity contribution in [3.63, 3.8) is 0 Å². The Bertz CT molecular complexity index is 614. The van der Waals surface area contributed by atoms with Gasteiger partial charge in [-0.25, -0.2) is 0 Å². The van der Waals surface area contributed by atoms with E-state index in [0.717, 1.165) is 10.0 Å². The zero-order valence-electron chi connectivity index (χ0n) is 12.2. The van der Waals surface area contributed by atoms with Crippen LogP contribution in [0.3, 0.4) is 0 Å². The Morgan fingerprint density at radius 2 is 2.15 bits per heavy atom. The second kappa shape index (κ2) is 5.83. The standard InChI is InChI=1S/C14H19BrN4O/c1-10(2)19-9-12(15)5-13(19)14(20)17(3)7-11-6-16-18(4)8-11/h5-6,8-10H,7H2,1-4H3. The lowest BCUT2D eigenvalue weighted by Crippen LogP contribution is -2.28. The molecule has 2 heterocycles. The molecule has 0 fully saturated rings. The van der Waals surface area contributed by atoms with Gasteiger partial charge in [0.15, 0.2) is 0 Å². The molecule has 0 atom stereocenters. The number of nitrogens with zero attached hydrogens (tertiary/aromatic N) is 4. The molecule has 0 saturated carbocycles. The summed E-state index contributed by atoms with van der Waals surface area (Å²) in [7, 11) is 3.67. The van der Waals surface area contributed by atoms with Gasteiger partial charge in [-0.2, -0.15) is 5.10 Å². The zero-order chi connectivity index (χ0) is 14.9. The summed E-state index contributed by atoms with van der Waals surface area (Å²) < 4.78 is 4.64. The number of aryl methyl sites for hydroxylation is 1. The van der Waals surface area contributed by atoms with Crippen LogP contribution in [0, 0.1) is 0 Å². The van der Waals surface area contributed by atoms with Crippen LogP contribution in [-0.4, -0.2) is 32.2 Å². The molecule has 6 heteroatoms. The van der Waals surface area contributed by atoms with Crippen molar-refractivity contribution in [2.45, 2.75) is 26.4 Å². The van der Waals surface area contributed by atoms with Gasteiger partial charge in [0, 0.05) is 49.1 Å². The Morgan fingerprint density at radius 3 is 2.70 bits per heavy atom. The summed E-state index contributed by atoms with van der Waals surface area (Å²) in [5.74, 6) is 0.00764. The van der Waals surface area contributed by atoms with Crippen LogP contribution in [0.5, 0.6) is 0 Å². The van der Waals surface area contributed by atoms with Crippen LogP contribution in [0.2, 0.25) is 0 Å². The summed E-state index contributed by atoms with van der Waals surface area (Å²) in [6.45, 7) is 4.67. The maximum Gasteiger partial charge on any atom is 0.270 e. The van der Waals surface area contributed by atoms with Gasteiger partial charge in [-0.15, -0.1) is 0 Å². The molecule has 0 aliphatic carbocycles. The van der Waals surface area contributed by atoms with Crippen LogP contribution in [0.1, 0.15) is 35.9 Å². The minimum atomic E-state index is 0.00764. The third kappa shape index (κ3) is 3.12. The van der Waals surface area contributed by atoms with Crippen molar-refractivity contribution in [1.29, 1.82) is 0 Å². The molecule has 0 N–H and O–H groups in total. The Balaban J connectivity index is 2.18. The molecule has 0 spiro atoms. The van der Waals surface area contributed by atoms with E-state index in [0.29, 0.717) is 12.2 Å². The van der Waals surface area contributed by atoms with E-state index in [9.17, 15) is 4.79 Å². The van der Waals surface area contributed by atoms with E-state index in [1.54, 1.807) is 22.8 Å². The van der Waals surface area contributed by atoms with Gasteiger partial charge in [-0.3, -0.25) is 9.48 Å². The number of carbonyl (C=O) groups is 1. The molecule has 2 aromatic heterocycles. The Morgan fingerprint density at radius 1 is 1.45 bits per heavy atom. The SMILES string of the molecule is CC(C)n1cc(Br)cc1C(=O)N(C)Cc1cnn(C)c1.